The second-order valence-corrected chi connectivity index (χ2v) is 6.62. The fraction of sp³-hybridized carbons (Fsp3) is 0.381. The molecule has 2 aromatic carbocycles. The first-order chi connectivity index (χ1) is 13.6. The molecule has 0 aromatic heterocycles. The van der Waals surface area contributed by atoms with Crippen LogP contribution in [0.3, 0.4) is 0 Å². The van der Waals surface area contributed by atoms with Crippen LogP contribution in [0.5, 0.6) is 11.5 Å². The van der Waals surface area contributed by atoms with Crippen LogP contribution in [0.25, 0.3) is 0 Å². The van der Waals surface area contributed by atoms with E-state index in [4.69, 9.17) is 9.47 Å². The van der Waals surface area contributed by atoms with Crippen LogP contribution in [-0.2, 0) is 4.79 Å². The molecule has 0 unspecified atom stereocenters. The third-order valence-electron chi connectivity index (χ3n) is 4.74. The van der Waals surface area contributed by atoms with Crippen LogP contribution in [0.2, 0.25) is 0 Å². The van der Waals surface area contributed by atoms with Gasteiger partial charge < -0.3 is 19.7 Å². The molecule has 0 bridgehead atoms. The number of amides is 1. The van der Waals surface area contributed by atoms with Crippen LogP contribution in [0.1, 0.15) is 0 Å². The standard InChI is InChI=1S/C21H26FN3O3/c1-27-19-8-4-18(5-9-19)25-14-12-24(13-15-25)11-10-23-21(26)16-28-20-6-2-17(22)3-7-20/h2-9H,10-16H2,1H3,(H,23,26). The van der Waals surface area contributed by atoms with Crippen LogP contribution in [0, 0.1) is 5.82 Å². The molecule has 1 aliphatic rings. The van der Waals surface area contributed by atoms with Gasteiger partial charge in [-0.05, 0) is 48.5 Å². The van der Waals surface area contributed by atoms with Crippen molar-refractivity contribution in [3.05, 3.63) is 54.3 Å². The number of hydrogen-bond acceptors (Lipinski definition) is 5. The maximum absolute atomic E-state index is 12.8. The maximum atomic E-state index is 12.8. The summed E-state index contributed by atoms with van der Waals surface area (Å²) in [5, 5.41) is 2.86. The van der Waals surface area contributed by atoms with Gasteiger partial charge in [0.25, 0.3) is 5.91 Å². The Balaban J connectivity index is 1.31. The molecular formula is C21H26FN3O3. The van der Waals surface area contributed by atoms with Crippen LogP contribution in [-0.4, -0.2) is 63.8 Å². The van der Waals surface area contributed by atoms with Crippen molar-refractivity contribution < 1.29 is 18.7 Å². The Morgan fingerprint density at radius 2 is 1.64 bits per heavy atom. The zero-order valence-corrected chi connectivity index (χ0v) is 16.1. The normalized spacial score (nSPS) is 14.6. The van der Waals surface area contributed by atoms with Gasteiger partial charge in [0, 0.05) is 45.0 Å². The summed E-state index contributed by atoms with van der Waals surface area (Å²) in [5.41, 5.74) is 1.20. The molecule has 1 N–H and O–H groups in total. The molecule has 1 amide bonds. The second kappa shape index (κ2) is 9.94. The Morgan fingerprint density at radius 3 is 2.29 bits per heavy atom. The lowest BCUT2D eigenvalue weighted by molar-refractivity contribution is -0.123. The van der Waals surface area contributed by atoms with Gasteiger partial charge in [-0.2, -0.15) is 0 Å². The zero-order valence-electron chi connectivity index (χ0n) is 16.1. The van der Waals surface area contributed by atoms with E-state index in [1.165, 1.54) is 30.0 Å². The lowest BCUT2D eigenvalue weighted by Crippen LogP contribution is -2.48. The molecule has 150 valence electrons. The number of carbonyl (C=O) groups excluding carboxylic acids is 1. The number of carbonyl (C=O) groups is 1. The molecule has 7 heteroatoms. The molecule has 0 radical (unpaired) electrons. The summed E-state index contributed by atoms with van der Waals surface area (Å²) in [6, 6.07) is 13.7. The predicted molar refractivity (Wildman–Crippen MR) is 107 cm³/mol. The fourth-order valence-electron chi connectivity index (χ4n) is 3.11. The van der Waals surface area contributed by atoms with Gasteiger partial charge in [-0.25, -0.2) is 4.39 Å². The monoisotopic (exact) mass is 387 g/mol. The van der Waals surface area contributed by atoms with E-state index in [2.05, 4.69) is 27.2 Å². The van der Waals surface area contributed by atoms with Crippen molar-refractivity contribution in [3.8, 4) is 11.5 Å². The summed E-state index contributed by atoms with van der Waals surface area (Å²) in [5.74, 6) is 0.831. The molecule has 0 atom stereocenters. The lowest BCUT2D eigenvalue weighted by Gasteiger charge is -2.36. The van der Waals surface area contributed by atoms with E-state index in [-0.39, 0.29) is 18.3 Å². The molecule has 1 aliphatic heterocycles. The number of benzene rings is 2. The van der Waals surface area contributed by atoms with Crippen molar-refractivity contribution in [2.75, 3.05) is 57.9 Å². The molecule has 1 saturated heterocycles. The highest BCUT2D eigenvalue weighted by molar-refractivity contribution is 5.77. The summed E-state index contributed by atoms with van der Waals surface area (Å²) in [7, 11) is 1.67. The van der Waals surface area contributed by atoms with Gasteiger partial charge in [-0.3, -0.25) is 9.69 Å². The van der Waals surface area contributed by atoms with Crippen LogP contribution in [0.4, 0.5) is 10.1 Å². The van der Waals surface area contributed by atoms with Crippen molar-refractivity contribution in [2.45, 2.75) is 0 Å². The highest BCUT2D eigenvalue weighted by atomic mass is 19.1. The van der Waals surface area contributed by atoms with Gasteiger partial charge in [-0.15, -0.1) is 0 Å². The van der Waals surface area contributed by atoms with Gasteiger partial charge in [0.05, 0.1) is 7.11 Å². The van der Waals surface area contributed by atoms with E-state index in [0.29, 0.717) is 12.3 Å². The first-order valence-electron chi connectivity index (χ1n) is 9.40. The van der Waals surface area contributed by atoms with Crippen LogP contribution in [0.15, 0.2) is 48.5 Å². The quantitative estimate of drug-likeness (QED) is 0.752. The van der Waals surface area contributed by atoms with Crippen LogP contribution >= 0.6 is 0 Å². The highest BCUT2D eigenvalue weighted by Gasteiger charge is 2.17. The SMILES string of the molecule is COc1ccc(N2CCN(CCNC(=O)COc3ccc(F)cc3)CC2)cc1. The summed E-state index contributed by atoms with van der Waals surface area (Å²) in [4.78, 5) is 16.6. The highest BCUT2D eigenvalue weighted by Crippen LogP contribution is 2.20. The van der Waals surface area contributed by atoms with Crippen molar-refractivity contribution in [1.29, 1.82) is 0 Å². The van der Waals surface area contributed by atoms with Gasteiger partial charge in [0.15, 0.2) is 6.61 Å². The number of piperazine rings is 1. The number of hydrogen-bond donors (Lipinski definition) is 1. The average Bonchev–Trinajstić information content (AvgIpc) is 2.74. The Morgan fingerprint density at radius 1 is 1.00 bits per heavy atom. The summed E-state index contributed by atoms with van der Waals surface area (Å²) in [6.45, 7) is 5.12. The number of ether oxygens (including phenoxy) is 2. The number of halogens is 1. The first-order valence-corrected chi connectivity index (χ1v) is 9.40. The third-order valence-corrected chi connectivity index (χ3v) is 4.74. The molecule has 28 heavy (non-hydrogen) atoms. The second-order valence-electron chi connectivity index (χ2n) is 6.62. The zero-order chi connectivity index (χ0) is 19.8. The van der Waals surface area contributed by atoms with Gasteiger partial charge in [0.2, 0.25) is 0 Å². The summed E-state index contributed by atoms with van der Waals surface area (Å²) in [6.07, 6.45) is 0. The molecule has 2 aromatic rings. The third kappa shape index (κ3) is 5.85. The van der Waals surface area contributed by atoms with Gasteiger partial charge in [-0.1, -0.05) is 0 Å². The Bertz CT molecular complexity index is 744. The van der Waals surface area contributed by atoms with Crippen molar-refractivity contribution in [3.63, 3.8) is 0 Å². The van der Waals surface area contributed by atoms with Crippen LogP contribution < -0.4 is 19.7 Å². The number of rotatable bonds is 8. The minimum Gasteiger partial charge on any atom is -0.497 e. The minimum absolute atomic E-state index is 0.0725. The maximum Gasteiger partial charge on any atom is 0.257 e. The van der Waals surface area contributed by atoms with Gasteiger partial charge in [0.1, 0.15) is 17.3 Å². The van der Waals surface area contributed by atoms with Crippen molar-refractivity contribution in [2.24, 2.45) is 0 Å². The predicted octanol–water partition coefficient (Wildman–Crippen LogP) is 2.15. The molecule has 0 spiro atoms. The minimum atomic E-state index is -0.330. The first kappa shape index (κ1) is 19.9. The Kier molecular flexibility index (Phi) is 7.08. The van der Waals surface area contributed by atoms with Crippen molar-refractivity contribution >= 4 is 11.6 Å². The summed E-state index contributed by atoms with van der Waals surface area (Å²) < 4.78 is 23.4. The number of anilines is 1. The topological polar surface area (TPSA) is 54.0 Å². The van der Waals surface area contributed by atoms with E-state index >= 15 is 0 Å². The lowest BCUT2D eigenvalue weighted by atomic mass is 10.2. The van der Waals surface area contributed by atoms with E-state index in [1.807, 2.05) is 12.1 Å². The number of nitrogens with zero attached hydrogens (tertiary/aromatic N) is 2. The van der Waals surface area contributed by atoms with E-state index < -0.39 is 0 Å². The summed E-state index contributed by atoms with van der Waals surface area (Å²) >= 11 is 0. The van der Waals surface area contributed by atoms with Gasteiger partial charge >= 0.3 is 0 Å². The van der Waals surface area contributed by atoms with Crippen molar-refractivity contribution in [1.82, 2.24) is 10.2 Å². The Hall–Kier alpha value is -2.80. The number of methoxy groups -OCH3 is 1. The van der Waals surface area contributed by atoms with E-state index in [9.17, 15) is 9.18 Å². The smallest absolute Gasteiger partial charge is 0.257 e. The molecule has 1 heterocycles. The molecule has 0 saturated carbocycles. The largest absolute Gasteiger partial charge is 0.497 e. The number of nitrogens with one attached hydrogen (secondary N) is 1. The molecular weight excluding hydrogens is 361 g/mol. The Labute approximate surface area is 164 Å². The molecule has 3 rings (SSSR count). The molecule has 1 fully saturated rings. The fourth-order valence-corrected chi connectivity index (χ4v) is 3.11. The average molecular weight is 387 g/mol. The molecule has 0 aliphatic carbocycles. The van der Waals surface area contributed by atoms with E-state index in [0.717, 1.165) is 38.5 Å². The van der Waals surface area contributed by atoms with E-state index in [1.54, 1.807) is 7.11 Å². The molecule has 6 nitrogen and oxygen atoms in total.